The monoisotopic (exact) mass is 335 g/mol. The van der Waals surface area contributed by atoms with Crippen molar-refractivity contribution >= 4 is 11.8 Å². The van der Waals surface area contributed by atoms with Crippen LogP contribution in [0.3, 0.4) is 0 Å². The molecule has 3 atom stereocenters. The molecular weight excluding hydrogens is 311 g/mol. The normalized spacial score (nSPS) is 28.1. The van der Waals surface area contributed by atoms with Gasteiger partial charge in [-0.1, -0.05) is 19.3 Å². The van der Waals surface area contributed by atoms with E-state index in [2.05, 4.69) is 5.32 Å². The van der Waals surface area contributed by atoms with Crippen LogP contribution in [0, 0.1) is 11.8 Å². The number of nitrogens with two attached hydrogens (primary N) is 1. The second-order valence-electron chi connectivity index (χ2n) is 6.48. The van der Waals surface area contributed by atoms with E-state index in [0.29, 0.717) is 0 Å². The van der Waals surface area contributed by atoms with E-state index in [9.17, 15) is 22.8 Å². The summed E-state index contributed by atoms with van der Waals surface area (Å²) in [6, 6.07) is -2.07. The number of alkyl halides is 3. The Morgan fingerprint density at radius 2 is 1.87 bits per heavy atom. The van der Waals surface area contributed by atoms with Crippen molar-refractivity contribution in [1.82, 2.24) is 10.6 Å². The van der Waals surface area contributed by atoms with Gasteiger partial charge in [0.15, 0.2) is 0 Å². The summed E-state index contributed by atoms with van der Waals surface area (Å²) in [5, 5.41) is 4.69. The van der Waals surface area contributed by atoms with E-state index in [-0.39, 0.29) is 31.3 Å². The highest BCUT2D eigenvalue weighted by atomic mass is 19.4. The van der Waals surface area contributed by atoms with E-state index >= 15 is 0 Å². The van der Waals surface area contributed by atoms with Crippen LogP contribution >= 0.6 is 0 Å². The Labute approximate surface area is 133 Å². The molecule has 1 saturated carbocycles. The summed E-state index contributed by atoms with van der Waals surface area (Å²) in [7, 11) is 0. The van der Waals surface area contributed by atoms with Crippen LogP contribution in [0.2, 0.25) is 0 Å². The first kappa shape index (κ1) is 18.0. The molecule has 0 radical (unpaired) electrons. The second kappa shape index (κ2) is 7.51. The molecule has 3 unspecified atom stereocenters. The van der Waals surface area contributed by atoms with Gasteiger partial charge in [-0.15, -0.1) is 0 Å². The van der Waals surface area contributed by atoms with Crippen molar-refractivity contribution in [3.8, 4) is 0 Å². The molecule has 2 fully saturated rings. The summed E-state index contributed by atoms with van der Waals surface area (Å²) < 4.78 is 37.9. The number of rotatable bonds is 4. The lowest BCUT2D eigenvalue weighted by Gasteiger charge is -2.33. The fraction of sp³-hybridized carbons (Fsp3) is 0.867. The summed E-state index contributed by atoms with van der Waals surface area (Å²) in [6.07, 6.45) is 0.477. The molecule has 2 amide bonds. The molecule has 0 spiro atoms. The third kappa shape index (κ3) is 4.59. The number of piperidine rings is 1. The molecule has 1 aliphatic carbocycles. The molecular formula is C15H24F3N3O2. The van der Waals surface area contributed by atoms with Gasteiger partial charge >= 0.3 is 6.18 Å². The third-order valence-corrected chi connectivity index (χ3v) is 4.89. The first-order valence-electron chi connectivity index (χ1n) is 8.20. The maximum absolute atomic E-state index is 12.6. The summed E-state index contributed by atoms with van der Waals surface area (Å²) in [5.74, 6) is -2.14. The predicted molar refractivity (Wildman–Crippen MR) is 78.3 cm³/mol. The van der Waals surface area contributed by atoms with Crippen LogP contribution in [-0.4, -0.2) is 36.6 Å². The van der Waals surface area contributed by atoms with Crippen molar-refractivity contribution in [2.75, 3.05) is 6.54 Å². The lowest BCUT2D eigenvalue weighted by Crippen LogP contribution is -2.56. The zero-order valence-corrected chi connectivity index (χ0v) is 13.0. The highest BCUT2D eigenvalue weighted by molar-refractivity contribution is 6.01. The van der Waals surface area contributed by atoms with Crippen molar-refractivity contribution in [1.29, 1.82) is 0 Å². The molecule has 132 valence electrons. The maximum Gasteiger partial charge on any atom is 0.408 e. The average molecular weight is 335 g/mol. The van der Waals surface area contributed by atoms with Gasteiger partial charge in [-0.25, -0.2) is 0 Å². The second-order valence-corrected chi connectivity index (χ2v) is 6.48. The van der Waals surface area contributed by atoms with Gasteiger partial charge in [0.2, 0.25) is 11.8 Å². The number of halogens is 3. The van der Waals surface area contributed by atoms with Crippen LogP contribution in [0.4, 0.5) is 13.2 Å². The molecule has 23 heavy (non-hydrogen) atoms. The Morgan fingerprint density at radius 3 is 2.39 bits per heavy atom. The standard InChI is InChI=1S/C15H24F3N3O2/c16-15(17,18)12-7-6-10(14(23)21-12)13(22)20-11(8-19)9-4-2-1-3-5-9/h9-12H,1-8,19H2,(H,20,22)(H,21,23). The van der Waals surface area contributed by atoms with Gasteiger partial charge in [0.25, 0.3) is 0 Å². The highest BCUT2D eigenvalue weighted by Gasteiger charge is 2.46. The van der Waals surface area contributed by atoms with Crippen LogP contribution in [0.5, 0.6) is 0 Å². The zero-order valence-electron chi connectivity index (χ0n) is 13.0. The zero-order chi connectivity index (χ0) is 17.0. The van der Waals surface area contributed by atoms with Crippen LogP contribution in [0.1, 0.15) is 44.9 Å². The topological polar surface area (TPSA) is 84.2 Å². The number of carbonyl (C=O) groups is 2. The van der Waals surface area contributed by atoms with E-state index in [1.807, 2.05) is 5.32 Å². The smallest absolute Gasteiger partial charge is 0.351 e. The Bertz CT molecular complexity index is 436. The number of carbonyl (C=O) groups excluding carboxylic acids is 2. The van der Waals surface area contributed by atoms with Crippen molar-refractivity contribution in [2.45, 2.75) is 63.2 Å². The van der Waals surface area contributed by atoms with E-state index in [1.54, 1.807) is 0 Å². The molecule has 0 aromatic rings. The quantitative estimate of drug-likeness (QED) is 0.680. The Hall–Kier alpha value is -1.31. The van der Waals surface area contributed by atoms with E-state index in [4.69, 9.17) is 5.73 Å². The first-order chi connectivity index (χ1) is 10.8. The van der Waals surface area contributed by atoms with Gasteiger partial charge in [-0.05, 0) is 31.6 Å². The summed E-state index contributed by atoms with van der Waals surface area (Å²) in [5.41, 5.74) is 5.73. The predicted octanol–water partition coefficient (Wildman–Crippen LogP) is 1.47. The molecule has 4 N–H and O–H groups in total. The summed E-state index contributed by atoms with van der Waals surface area (Å²) in [4.78, 5) is 24.1. The van der Waals surface area contributed by atoms with Crippen LogP contribution < -0.4 is 16.4 Å². The molecule has 2 rings (SSSR count). The van der Waals surface area contributed by atoms with Gasteiger partial charge in [0.1, 0.15) is 12.0 Å². The minimum absolute atomic E-state index is 0.0935. The molecule has 2 aliphatic rings. The van der Waals surface area contributed by atoms with Crippen molar-refractivity contribution < 1.29 is 22.8 Å². The Balaban J connectivity index is 1.91. The van der Waals surface area contributed by atoms with Gasteiger partial charge in [-0.2, -0.15) is 13.2 Å². The number of amides is 2. The number of hydrogen-bond donors (Lipinski definition) is 3. The van der Waals surface area contributed by atoms with E-state index < -0.39 is 30.0 Å². The van der Waals surface area contributed by atoms with Gasteiger partial charge in [0.05, 0.1) is 0 Å². The van der Waals surface area contributed by atoms with Gasteiger partial charge in [-0.3, -0.25) is 9.59 Å². The van der Waals surface area contributed by atoms with Crippen molar-refractivity contribution in [3.63, 3.8) is 0 Å². The van der Waals surface area contributed by atoms with E-state index in [0.717, 1.165) is 25.7 Å². The van der Waals surface area contributed by atoms with Crippen molar-refractivity contribution in [2.24, 2.45) is 17.6 Å². The minimum Gasteiger partial charge on any atom is -0.351 e. The third-order valence-electron chi connectivity index (χ3n) is 4.89. The minimum atomic E-state index is -4.47. The first-order valence-corrected chi connectivity index (χ1v) is 8.20. The molecule has 0 aromatic carbocycles. The number of hydrogen-bond acceptors (Lipinski definition) is 3. The van der Waals surface area contributed by atoms with E-state index in [1.165, 1.54) is 6.42 Å². The maximum atomic E-state index is 12.6. The lowest BCUT2D eigenvalue weighted by molar-refractivity contribution is -0.171. The molecule has 1 heterocycles. The van der Waals surface area contributed by atoms with Crippen LogP contribution in [0.25, 0.3) is 0 Å². The highest BCUT2D eigenvalue weighted by Crippen LogP contribution is 2.29. The largest absolute Gasteiger partial charge is 0.408 e. The van der Waals surface area contributed by atoms with Crippen LogP contribution in [-0.2, 0) is 9.59 Å². The Morgan fingerprint density at radius 1 is 1.22 bits per heavy atom. The summed E-state index contributed by atoms with van der Waals surface area (Å²) >= 11 is 0. The molecule has 0 aromatic heterocycles. The molecule has 1 saturated heterocycles. The van der Waals surface area contributed by atoms with Gasteiger partial charge in [0, 0.05) is 12.6 Å². The molecule has 8 heteroatoms. The fourth-order valence-corrected chi connectivity index (χ4v) is 3.49. The van der Waals surface area contributed by atoms with Crippen LogP contribution in [0.15, 0.2) is 0 Å². The molecule has 0 bridgehead atoms. The molecule has 1 aliphatic heterocycles. The Kier molecular flexibility index (Phi) is 5.89. The number of nitrogens with one attached hydrogen (secondary N) is 2. The lowest BCUT2D eigenvalue weighted by atomic mass is 9.83. The SMILES string of the molecule is NCC(NC(=O)C1CCC(C(F)(F)F)NC1=O)C1CCCCC1. The fourth-order valence-electron chi connectivity index (χ4n) is 3.49. The average Bonchev–Trinajstić information content (AvgIpc) is 2.52. The van der Waals surface area contributed by atoms with Crippen molar-refractivity contribution in [3.05, 3.63) is 0 Å². The summed E-state index contributed by atoms with van der Waals surface area (Å²) in [6.45, 7) is 0.274. The molecule has 5 nitrogen and oxygen atoms in total. The van der Waals surface area contributed by atoms with Gasteiger partial charge < -0.3 is 16.4 Å².